The summed E-state index contributed by atoms with van der Waals surface area (Å²) in [5.41, 5.74) is 1.89. The largest absolute Gasteiger partial charge is 0.497 e. The van der Waals surface area contributed by atoms with E-state index in [2.05, 4.69) is 16.8 Å². The van der Waals surface area contributed by atoms with Crippen molar-refractivity contribution in [2.45, 2.75) is 38.3 Å². The Morgan fingerprint density at radius 1 is 1.36 bits per heavy atom. The van der Waals surface area contributed by atoms with Crippen molar-refractivity contribution in [3.8, 4) is 5.75 Å². The fraction of sp³-hybridized carbons (Fsp3) is 0.550. The Kier molecular flexibility index (Phi) is 5.52. The molecule has 0 saturated carbocycles. The lowest BCUT2D eigenvalue weighted by Gasteiger charge is -2.51. The molecule has 3 unspecified atom stereocenters. The molecule has 0 aliphatic carbocycles. The second kappa shape index (κ2) is 7.48. The van der Waals surface area contributed by atoms with E-state index in [1.165, 1.54) is 12.8 Å². The van der Waals surface area contributed by atoms with Gasteiger partial charge in [-0.3, -0.25) is 9.88 Å². The fourth-order valence-corrected chi connectivity index (χ4v) is 4.71. The van der Waals surface area contributed by atoms with Crippen LogP contribution in [0.5, 0.6) is 5.75 Å². The van der Waals surface area contributed by atoms with Gasteiger partial charge in [0, 0.05) is 24.2 Å². The van der Waals surface area contributed by atoms with Crippen LogP contribution in [0.2, 0.25) is 0 Å². The van der Waals surface area contributed by atoms with E-state index in [9.17, 15) is 5.11 Å². The van der Waals surface area contributed by atoms with Crippen LogP contribution >= 0.6 is 12.4 Å². The third kappa shape index (κ3) is 3.23. The molecule has 1 aromatic carbocycles. The first-order chi connectivity index (χ1) is 11.7. The number of aromatic nitrogens is 1. The quantitative estimate of drug-likeness (QED) is 0.898. The first kappa shape index (κ1) is 18.4. The average Bonchev–Trinajstić information content (AvgIpc) is 2.66. The molecular formula is C20H27ClN2O2. The van der Waals surface area contributed by atoms with Crippen molar-refractivity contribution in [2.75, 3.05) is 20.2 Å². The lowest BCUT2D eigenvalue weighted by molar-refractivity contribution is -0.0562. The van der Waals surface area contributed by atoms with Crippen LogP contribution < -0.4 is 4.74 Å². The van der Waals surface area contributed by atoms with E-state index in [1.807, 2.05) is 24.3 Å². The van der Waals surface area contributed by atoms with Gasteiger partial charge in [0.15, 0.2) is 0 Å². The SMILES string of the molecule is CCC1CN2CCC1C[C@@H]2[C@@H](O)c1ccnc2ccc(OC)cc12.Cl. The number of aliphatic hydroxyl groups is 1. The van der Waals surface area contributed by atoms with Gasteiger partial charge in [-0.05, 0) is 61.1 Å². The molecule has 0 radical (unpaired) electrons. The summed E-state index contributed by atoms with van der Waals surface area (Å²) in [7, 11) is 1.67. The lowest BCUT2D eigenvalue weighted by atomic mass is 9.72. The standard InChI is InChI=1S/C20H26N2O2.ClH/c1-3-13-12-22-9-7-14(13)10-19(22)20(23)16-6-8-21-18-5-4-15(24-2)11-17(16)18;/h4-6,8,11,13-14,19-20,23H,3,7,9-10,12H2,1-2H3;1H/t13?,14?,19-,20+;/m1./s1. The molecule has 5 rings (SSSR count). The third-order valence-electron chi connectivity index (χ3n) is 6.13. The molecule has 0 spiro atoms. The highest BCUT2D eigenvalue weighted by atomic mass is 35.5. The van der Waals surface area contributed by atoms with E-state index >= 15 is 0 Å². The summed E-state index contributed by atoms with van der Waals surface area (Å²) >= 11 is 0. The minimum absolute atomic E-state index is 0. The van der Waals surface area contributed by atoms with Crippen molar-refractivity contribution in [2.24, 2.45) is 11.8 Å². The molecule has 1 N–H and O–H groups in total. The Balaban J connectivity index is 0.00000182. The third-order valence-corrected chi connectivity index (χ3v) is 6.13. The number of halogens is 1. The van der Waals surface area contributed by atoms with Crippen molar-refractivity contribution in [3.05, 3.63) is 36.0 Å². The molecular weight excluding hydrogens is 336 g/mol. The number of benzene rings is 1. The summed E-state index contributed by atoms with van der Waals surface area (Å²) < 4.78 is 5.36. The van der Waals surface area contributed by atoms with Crippen molar-refractivity contribution in [1.29, 1.82) is 0 Å². The van der Waals surface area contributed by atoms with E-state index in [0.717, 1.165) is 53.6 Å². The van der Waals surface area contributed by atoms with E-state index in [4.69, 9.17) is 4.74 Å². The van der Waals surface area contributed by atoms with Crippen LogP contribution in [0.15, 0.2) is 30.5 Å². The van der Waals surface area contributed by atoms with Gasteiger partial charge in [0.25, 0.3) is 0 Å². The Morgan fingerprint density at radius 3 is 2.88 bits per heavy atom. The summed E-state index contributed by atoms with van der Waals surface area (Å²) in [6.07, 6.45) is 4.97. The second-order valence-corrected chi connectivity index (χ2v) is 7.24. The molecule has 2 bridgehead atoms. The van der Waals surface area contributed by atoms with Gasteiger partial charge in [-0.15, -0.1) is 12.4 Å². The summed E-state index contributed by atoms with van der Waals surface area (Å²) in [5.74, 6) is 2.37. The molecule has 3 aliphatic rings. The molecule has 136 valence electrons. The Labute approximate surface area is 155 Å². The second-order valence-electron chi connectivity index (χ2n) is 7.24. The predicted molar refractivity (Wildman–Crippen MR) is 102 cm³/mol. The highest BCUT2D eigenvalue weighted by Crippen LogP contribution is 2.42. The smallest absolute Gasteiger partial charge is 0.119 e. The highest BCUT2D eigenvalue weighted by molar-refractivity contribution is 5.85. The van der Waals surface area contributed by atoms with Crippen molar-refractivity contribution in [1.82, 2.24) is 9.88 Å². The summed E-state index contributed by atoms with van der Waals surface area (Å²) in [6.45, 7) is 4.55. The van der Waals surface area contributed by atoms with Crippen molar-refractivity contribution < 1.29 is 9.84 Å². The molecule has 5 atom stereocenters. The zero-order valence-electron chi connectivity index (χ0n) is 14.9. The molecule has 2 aromatic rings. The molecule has 1 aromatic heterocycles. The number of rotatable bonds is 4. The van der Waals surface area contributed by atoms with Crippen molar-refractivity contribution >= 4 is 23.3 Å². The zero-order chi connectivity index (χ0) is 16.7. The molecule has 4 heterocycles. The molecule has 4 nitrogen and oxygen atoms in total. The van der Waals surface area contributed by atoms with E-state index < -0.39 is 6.10 Å². The Morgan fingerprint density at radius 2 is 2.20 bits per heavy atom. The van der Waals surface area contributed by atoms with Gasteiger partial charge in [0.1, 0.15) is 5.75 Å². The number of hydrogen-bond donors (Lipinski definition) is 1. The fourth-order valence-electron chi connectivity index (χ4n) is 4.71. The molecule has 0 amide bonds. The molecule has 3 saturated heterocycles. The first-order valence-corrected chi connectivity index (χ1v) is 9.06. The minimum atomic E-state index is -0.469. The first-order valence-electron chi connectivity index (χ1n) is 9.06. The number of piperidine rings is 3. The van der Waals surface area contributed by atoms with Crippen LogP contribution in [0, 0.1) is 11.8 Å². The number of aliphatic hydroxyl groups excluding tert-OH is 1. The number of ether oxygens (including phenoxy) is 1. The van der Waals surface area contributed by atoms with Gasteiger partial charge in [-0.25, -0.2) is 0 Å². The number of methoxy groups -OCH3 is 1. The van der Waals surface area contributed by atoms with Gasteiger partial charge in [-0.1, -0.05) is 13.3 Å². The molecule has 5 heteroatoms. The molecule has 3 fully saturated rings. The van der Waals surface area contributed by atoms with Gasteiger partial charge in [0.05, 0.1) is 18.7 Å². The number of fused-ring (bicyclic) bond motifs is 4. The maximum atomic E-state index is 11.2. The predicted octanol–water partition coefficient (Wildman–Crippen LogP) is 3.82. The molecule has 3 aliphatic heterocycles. The topological polar surface area (TPSA) is 45.6 Å². The van der Waals surface area contributed by atoms with Crippen LogP contribution in [0.25, 0.3) is 10.9 Å². The molecule has 25 heavy (non-hydrogen) atoms. The van der Waals surface area contributed by atoms with E-state index in [0.29, 0.717) is 0 Å². The van der Waals surface area contributed by atoms with Crippen molar-refractivity contribution in [3.63, 3.8) is 0 Å². The highest BCUT2D eigenvalue weighted by Gasteiger charge is 2.42. The van der Waals surface area contributed by atoms with Gasteiger partial charge in [-0.2, -0.15) is 0 Å². The zero-order valence-corrected chi connectivity index (χ0v) is 15.7. The average molecular weight is 363 g/mol. The summed E-state index contributed by atoms with van der Waals surface area (Å²) in [5, 5.41) is 12.2. The lowest BCUT2D eigenvalue weighted by Crippen LogP contribution is -2.55. The van der Waals surface area contributed by atoms with Gasteiger partial charge < -0.3 is 9.84 Å². The maximum Gasteiger partial charge on any atom is 0.119 e. The van der Waals surface area contributed by atoms with Crippen LogP contribution in [0.4, 0.5) is 0 Å². The minimum Gasteiger partial charge on any atom is -0.497 e. The van der Waals surface area contributed by atoms with Crippen LogP contribution in [-0.4, -0.2) is 41.2 Å². The number of hydrogen-bond acceptors (Lipinski definition) is 4. The van der Waals surface area contributed by atoms with Gasteiger partial charge >= 0.3 is 0 Å². The van der Waals surface area contributed by atoms with Gasteiger partial charge in [0.2, 0.25) is 0 Å². The number of pyridine rings is 1. The number of nitrogens with zero attached hydrogens (tertiary/aromatic N) is 2. The summed E-state index contributed by atoms with van der Waals surface area (Å²) in [4.78, 5) is 6.94. The van der Waals surface area contributed by atoms with Crippen LogP contribution in [-0.2, 0) is 0 Å². The maximum absolute atomic E-state index is 11.2. The Bertz CT molecular complexity index is 739. The Hall–Kier alpha value is -1.36. The van der Waals surface area contributed by atoms with Crippen LogP contribution in [0.1, 0.15) is 37.9 Å². The summed E-state index contributed by atoms with van der Waals surface area (Å²) in [6, 6.07) is 8.07. The van der Waals surface area contributed by atoms with E-state index in [-0.39, 0.29) is 18.4 Å². The monoisotopic (exact) mass is 362 g/mol. The normalized spacial score (nSPS) is 29.2. The van der Waals surface area contributed by atoms with Crippen LogP contribution in [0.3, 0.4) is 0 Å². The van der Waals surface area contributed by atoms with E-state index in [1.54, 1.807) is 13.3 Å².